The minimum Gasteiger partial charge on any atom is -0.512 e. The van der Waals surface area contributed by atoms with E-state index in [2.05, 4.69) is 131 Å². The topological polar surface area (TPSA) is 151 Å². The zero-order chi connectivity index (χ0) is 69.3. The van der Waals surface area contributed by atoms with Crippen molar-refractivity contribution in [1.29, 1.82) is 0 Å². The van der Waals surface area contributed by atoms with Crippen LogP contribution in [0.4, 0.5) is 0 Å². The molecule has 0 fully saturated rings. The van der Waals surface area contributed by atoms with E-state index >= 15 is 0 Å². The molecule has 0 bridgehead atoms. The quantitative estimate of drug-likeness (QED) is 0.0433. The minimum atomic E-state index is 0. The summed E-state index contributed by atoms with van der Waals surface area (Å²) in [7, 11) is 0. The van der Waals surface area contributed by atoms with Crippen LogP contribution in [0.15, 0.2) is 218 Å². The molecule has 12 rings (SSSR count). The Kier molecular flexibility index (Phi) is 36.6. The predicted octanol–water partition coefficient (Wildman–Crippen LogP) is 24.0. The summed E-state index contributed by atoms with van der Waals surface area (Å²) in [5.74, 6) is 2.94. The van der Waals surface area contributed by atoms with Gasteiger partial charge in [0.1, 0.15) is 4.83 Å². The van der Waals surface area contributed by atoms with Gasteiger partial charge in [0.15, 0.2) is 17.3 Å². The Labute approximate surface area is 638 Å². The molecular weight excluding hydrogens is 1820 g/mol. The van der Waals surface area contributed by atoms with Gasteiger partial charge in [-0.1, -0.05) is 156 Å². The van der Waals surface area contributed by atoms with E-state index in [-0.39, 0.29) is 94.9 Å². The van der Waals surface area contributed by atoms with Crippen molar-refractivity contribution in [3.05, 3.63) is 236 Å². The predicted molar refractivity (Wildman–Crippen MR) is 408 cm³/mol. The second kappa shape index (κ2) is 43.0. The molecule has 9 nitrogen and oxygen atoms in total. The molecule has 0 aliphatic heterocycles. The van der Waals surface area contributed by atoms with Crippen LogP contribution in [-0.4, -0.2) is 47.6 Å². The molecule has 525 valence electrons. The molecule has 3 N–H and O–H groups in total. The molecule has 6 aromatic carbocycles. The Balaban J connectivity index is 0.000000254. The first-order valence-electron chi connectivity index (χ1n) is 33.0. The van der Waals surface area contributed by atoms with E-state index in [9.17, 15) is 29.7 Å². The number of carbonyl (C=O) groups is 3. The van der Waals surface area contributed by atoms with Gasteiger partial charge in [-0.05, 0) is 92.7 Å². The summed E-state index contributed by atoms with van der Waals surface area (Å²) in [6.45, 7) is 24.0. The number of hydrogen-bond acceptors (Lipinski definition) is 12. The number of ketones is 3. The smallest absolute Gasteiger partial charge is 0.159 e. The Morgan fingerprint density at radius 1 is 0.384 bits per heavy atom. The number of aromatic nitrogens is 3. The Bertz CT molecular complexity index is 4430. The number of fused-ring (bicyclic) bond motifs is 9. The minimum absolute atomic E-state index is 0. The van der Waals surface area contributed by atoms with Crippen LogP contribution in [0.1, 0.15) is 122 Å². The molecule has 0 aliphatic carbocycles. The van der Waals surface area contributed by atoms with Crippen LogP contribution in [0, 0.1) is 53.7 Å². The summed E-state index contributed by atoms with van der Waals surface area (Å²) in [4.78, 5) is 48.6. The SMILES string of the molecule is CC(C)CC(=O)C=C(O)CC(C)C.CC(C)CC(=O)C=C(O)CC(C)C.CC(C)CC(=O)C=C(O)CC(C)C.[Ir].[Ir].[Ir].[c-]1ccccc1-c1cc2c(cn1)sc1ccccc12.[c-]1ccccc1-c1ccc2c(n1)sc1ccccc12.[c-]1ccccc1-c1nccc2c1sc1ccccc12. The first kappa shape index (κ1) is 84.4. The molecule has 6 aromatic heterocycles. The zero-order valence-corrected chi connectivity index (χ0v) is 68.0. The summed E-state index contributed by atoms with van der Waals surface area (Å²) in [5.41, 5.74) is 6.14. The number of benzene rings is 6. The van der Waals surface area contributed by atoms with Crippen LogP contribution >= 0.6 is 34.0 Å². The zero-order valence-electron chi connectivity index (χ0n) is 58.4. The monoisotopic (exact) mass is 1910 g/mol. The third kappa shape index (κ3) is 27.5. The van der Waals surface area contributed by atoms with Gasteiger partial charge < -0.3 is 25.3 Å². The summed E-state index contributed by atoms with van der Waals surface area (Å²) < 4.78 is 6.39. The van der Waals surface area contributed by atoms with E-state index in [0.29, 0.717) is 74.0 Å². The Hall–Kier alpha value is -6.99. The number of aliphatic hydroxyl groups is 3. The van der Waals surface area contributed by atoms with E-state index < -0.39 is 0 Å². The van der Waals surface area contributed by atoms with E-state index in [4.69, 9.17) is 4.98 Å². The van der Waals surface area contributed by atoms with Gasteiger partial charge >= 0.3 is 0 Å². The van der Waals surface area contributed by atoms with E-state index in [1.54, 1.807) is 34.0 Å². The van der Waals surface area contributed by atoms with Crippen LogP contribution < -0.4 is 0 Å². The Morgan fingerprint density at radius 3 is 1.20 bits per heavy atom. The fourth-order valence-electron chi connectivity index (χ4n) is 10.4. The van der Waals surface area contributed by atoms with Crippen LogP contribution in [0.5, 0.6) is 0 Å². The Morgan fingerprint density at radius 2 is 0.768 bits per heavy atom. The van der Waals surface area contributed by atoms with Crippen molar-refractivity contribution in [3.8, 4) is 33.8 Å². The number of thiophene rings is 3. The van der Waals surface area contributed by atoms with Crippen LogP contribution in [0.25, 0.3) is 94.4 Å². The fraction of sp³-hybridized carbons (Fsp3) is 0.286. The molecule has 0 amide bonds. The van der Waals surface area contributed by atoms with Gasteiger partial charge in [-0.3, -0.25) is 19.4 Å². The van der Waals surface area contributed by atoms with Gasteiger partial charge in [-0.15, -0.1) is 142 Å². The number of pyridine rings is 3. The number of aliphatic hydroxyl groups excluding tert-OH is 3. The van der Waals surface area contributed by atoms with Crippen molar-refractivity contribution in [2.45, 2.75) is 122 Å². The normalized spacial score (nSPS) is 11.4. The largest absolute Gasteiger partial charge is 0.512 e. The van der Waals surface area contributed by atoms with Crippen LogP contribution in [0.3, 0.4) is 0 Å². The molecule has 0 unspecified atom stereocenters. The van der Waals surface area contributed by atoms with Crippen molar-refractivity contribution in [1.82, 2.24) is 15.0 Å². The summed E-state index contributed by atoms with van der Waals surface area (Å²) in [6.07, 6.45) is 11.2. The maximum absolute atomic E-state index is 11.2. The fourth-order valence-corrected chi connectivity index (χ4v) is 13.7. The third-order valence-corrected chi connectivity index (χ3v) is 17.8. The van der Waals surface area contributed by atoms with Gasteiger partial charge in [0, 0.05) is 165 Å². The van der Waals surface area contributed by atoms with Crippen molar-refractivity contribution in [2.75, 3.05) is 0 Å². The molecule has 12 aromatic rings. The summed E-state index contributed by atoms with van der Waals surface area (Å²) >= 11 is 5.34. The number of nitrogens with zero attached hydrogens (tertiary/aromatic N) is 3. The molecule has 0 saturated heterocycles. The molecule has 15 heteroatoms. The van der Waals surface area contributed by atoms with Crippen molar-refractivity contribution in [2.24, 2.45) is 35.5 Å². The van der Waals surface area contributed by atoms with Crippen molar-refractivity contribution in [3.63, 3.8) is 0 Å². The number of rotatable bonds is 18. The standard InChI is InChI=1S/3C17H10NS.3C11H20O2.3Ir/c1-2-6-12(7-3-1)15-10-14-13-8-4-5-9-16(13)19-17(14)11-18-15;1-2-6-12(7-3-1)15-11-10-14-13-8-4-5-9-16(13)19-17(14)18-15;1-2-6-12(7-3-1)16-17-14(10-11-18-16)13-8-4-5-9-15(13)19-17;3*1-8(2)5-10(12)7-11(13)6-9(3)4;;;/h3*1-6,8-11H;3*7-9,12H,5-6H2,1-4H3;;;/q3*-1;;;;;;. The first-order chi connectivity index (χ1) is 46.0. The van der Waals surface area contributed by atoms with Gasteiger partial charge in [0.2, 0.25) is 0 Å². The molecular formula is C84H90Ir3N3O6S3-3. The van der Waals surface area contributed by atoms with Crippen molar-refractivity contribution >= 4 is 112 Å². The van der Waals surface area contributed by atoms with E-state index in [1.165, 1.54) is 74.0 Å². The maximum Gasteiger partial charge on any atom is 0.159 e. The average Bonchev–Trinajstić information content (AvgIpc) is 1.65. The molecule has 99 heavy (non-hydrogen) atoms. The van der Waals surface area contributed by atoms with E-state index in [0.717, 1.165) is 38.6 Å². The second-order valence-electron chi connectivity index (χ2n) is 26.2. The van der Waals surface area contributed by atoms with Gasteiger partial charge in [0.25, 0.3) is 0 Å². The maximum atomic E-state index is 11.2. The number of allylic oxidation sites excluding steroid dienone is 6. The van der Waals surface area contributed by atoms with Gasteiger partial charge in [0.05, 0.1) is 22.0 Å². The third-order valence-electron chi connectivity index (χ3n) is 14.4. The molecule has 0 aliphatic rings. The van der Waals surface area contributed by atoms with Crippen molar-refractivity contribution < 1.29 is 90.0 Å². The molecule has 0 spiro atoms. The molecule has 0 atom stereocenters. The number of hydrogen-bond donors (Lipinski definition) is 3. The molecule has 3 radical (unpaired) electrons. The number of carbonyl (C=O) groups excluding carboxylic acids is 3. The van der Waals surface area contributed by atoms with Gasteiger partial charge in [-0.2, -0.15) is 0 Å². The van der Waals surface area contributed by atoms with E-state index in [1.807, 2.05) is 162 Å². The van der Waals surface area contributed by atoms with Gasteiger partial charge in [-0.25, -0.2) is 0 Å². The summed E-state index contributed by atoms with van der Waals surface area (Å²) in [5, 5.41) is 35.7. The second-order valence-corrected chi connectivity index (χ2v) is 29.3. The molecule has 0 saturated carbocycles. The summed E-state index contributed by atoms with van der Waals surface area (Å²) in [6, 6.07) is 67.6. The average molecular weight is 1910 g/mol. The van der Waals surface area contributed by atoms with Crippen LogP contribution in [0.2, 0.25) is 0 Å². The first-order valence-corrected chi connectivity index (χ1v) is 35.5. The van der Waals surface area contributed by atoms with Crippen LogP contribution in [-0.2, 0) is 74.7 Å². The molecule has 6 heterocycles.